The summed E-state index contributed by atoms with van der Waals surface area (Å²) >= 11 is 0. The highest BCUT2D eigenvalue weighted by Gasteiger charge is 2.39. The molecule has 3 atom stereocenters. The summed E-state index contributed by atoms with van der Waals surface area (Å²) in [4.78, 5) is 8.90. The van der Waals surface area contributed by atoms with E-state index in [9.17, 15) is 13.2 Å². The lowest BCUT2D eigenvalue weighted by atomic mass is 10.0. The Morgan fingerprint density at radius 3 is 2.55 bits per heavy atom. The molecule has 3 rings (SSSR count). The smallest absolute Gasteiger partial charge is 0.475 e. The molecule has 1 aliphatic heterocycles. The molecule has 0 spiro atoms. The zero-order valence-electron chi connectivity index (χ0n) is 11.9. The minimum absolute atomic E-state index is 0.446. The highest BCUT2D eigenvalue weighted by molar-refractivity contribution is 5.73. The molecule has 5 nitrogen and oxygen atoms in total. The van der Waals surface area contributed by atoms with Gasteiger partial charge in [-0.25, -0.2) is 4.79 Å². The number of halogens is 3. The van der Waals surface area contributed by atoms with E-state index in [4.69, 9.17) is 14.6 Å². The van der Waals surface area contributed by atoms with Crippen LogP contribution in [0.25, 0.3) is 0 Å². The second-order valence-corrected chi connectivity index (χ2v) is 5.42. The van der Waals surface area contributed by atoms with E-state index >= 15 is 0 Å². The van der Waals surface area contributed by atoms with Crippen LogP contribution in [0.4, 0.5) is 13.2 Å². The van der Waals surface area contributed by atoms with E-state index in [0.717, 1.165) is 19.7 Å². The first-order chi connectivity index (χ1) is 10.4. The molecule has 2 fully saturated rings. The summed E-state index contributed by atoms with van der Waals surface area (Å²) in [6.07, 6.45) is 2.21. The summed E-state index contributed by atoms with van der Waals surface area (Å²) in [5, 5.41) is 10.7. The van der Waals surface area contributed by atoms with Crippen LogP contribution in [0.15, 0.2) is 24.5 Å². The van der Waals surface area contributed by atoms with Gasteiger partial charge in [-0.1, -0.05) is 0 Å². The van der Waals surface area contributed by atoms with Crippen molar-refractivity contribution in [3.63, 3.8) is 0 Å². The van der Waals surface area contributed by atoms with Gasteiger partial charge in [-0.3, -0.25) is 0 Å². The fourth-order valence-electron chi connectivity index (χ4n) is 2.92. The van der Waals surface area contributed by atoms with Crippen LogP contribution in [0.2, 0.25) is 0 Å². The molecule has 2 N–H and O–H groups in total. The SMILES string of the molecule is O=C(O)C(F)(F)F.c1ccn(CC2CCC3NCCOC23)c1. The second kappa shape index (κ2) is 7.15. The predicted octanol–water partition coefficient (Wildman–Crippen LogP) is 1.89. The summed E-state index contributed by atoms with van der Waals surface area (Å²) in [7, 11) is 0. The van der Waals surface area contributed by atoms with Crippen LogP contribution in [-0.2, 0) is 16.1 Å². The van der Waals surface area contributed by atoms with Crippen LogP contribution in [0.1, 0.15) is 12.8 Å². The first-order valence-corrected chi connectivity index (χ1v) is 7.14. The van der Waals surface area contributed by atoms with E-state index < -0.39 is 12.1 Å². The molecule has 1 aliphatic carbocycles. The number of hydrogen-bond acceptors (Lipinski definition) is 3. The average molecular weight is 320 g/mol. The number of aromatic nitrogens is 1. The Hall–Kier alpha value is -1.54. The molecule has 0 bridgehead atoms. The molecular weight excluding hydrogens is 301 g/mol. The number of rotatable bonds is 2. The van der Waals surface area contributed by atoms with Crippen molar-refractivity contribution in [3.8, 4) is 0 Å². The molecule has 1 aromatic rings. The Morgan fingerprint density at radius 2 is 1.95 bits per heavy atom. The molecule has 22 heavy (non-hydrogen) atoms. The molecular formula is C14H19F3N2O3. The van der Waals surface area contributed by atoms with Crippen molar-refractivity contribution in [3.05, 3.63) is 24.5 Å². The van der Waals surface area contributed by atoms with Crippen molar-refractivity contribution in [2.75, 3.05) is 13.2 Å². The van der Waals surface area contributed by atoms with E-state index in [2.05, 4.69) is 34.4 Å². The third-order valence-corrected chi connectivity index (χ3v) is 3.88. The number of hydrogen-bond donors (Lipinski definition) is 2. The number of carboxylic acid groups (broad SMARTS) is 1. The number of nitrogens with zero attached hydrogens (tertiary/aromatic N) is 1. The minimum Gasteiger partial charge on any atom is -0.475 e. The molecule has 2 aliphatic rings. The molecule has 1 saturated heterocycles. The van der Waals surface area contributed by atoms with Gasteiger partial charge >= 0.3 is 12.1 Å². The molecule has 3 unspecified atom stereocenters. The van der Waals surface area contributed by atoms with E-state index in [0.29, 0.717) is 18.1 Å². The Kier molecular flexibility index (Phi) is 5.47. The first-order valence-electron chi connectivity index (χ1n) is 7.14. The fourth-order valence-corrected chi connectivity index (χ4v) is 2.92. The van der Waals surface area contributed by atoms with Gasteiger partial charge in [0.05, 0.1) is 12.7 Å². The Labute approximate surface area is 126 Å². The maximum Gasteiger partial charge on any atom is 0.490 e. The summed E-state index contributed by atoms with van der Waals surface area (Å²) < 4.78 is 39.9. The number of alkyl halides is 3. The van der Waals surface area contributed by atoms with Gasteiger partial charge in [0, 0.05) is 37.4 Å². The molecule has 1 saturated carbocycles. The van der Waals surface area contributed by atoms with E-state index in [1.807, 2.05) is 0 Å². The summed E-state index contributed by atoms with van der Waals surface area (Å²) in [6, 6.07) is 4.79. The van der Waals surface area contributed by atoms with Crippen molar-refractivity contribution in [2.24, 2.45) is 5.92 Å². The van der Waals surface area contributed by atoms with Gasteiger partial charge in [0.2, 0.25) is 0 Å². The molecule has 1 aromatic heterocycles. The van der Waals surface area contributed by atoms with Crippen LogP contribution in [0.3, 0.4) is 0 Å². The zero-order chi connectivity index (χ0) is 16.2. The maximum absolute atomic E-state index is 10.6. The van der Waals surface area contributed by atoms with Gasteiger partial charge in [-0.2, -0.15) is 13.2 Å². The Bertz CT molecular complexity index is 476. The van der Waals surface area contributed by atoms with E-state index in [-0.39, 0.29) is 0 Å². The Balaban J connectivity index is 0.000000217. The number of fused-ring (bicyclic) bond motifs is 1. The van der Waals surface area contributed by atoms with E-state index in [1.165, 1.54) is 12.8 Å². The molecule has 8 heteroatoms. The molecule has 2 heterocycles. The standard InChI is InChI=1S/C12H18N2O.C2HF3O2/c1-2-7-14(6-1)9-10-3-4-11-12(10)15-8-5-13-11;3-2(4,5)1(6)7/h1-2,6-7,10-13H,3-5,8-9H2;(H,6,7). The molecule has 0 amide bonds. The summed E-state index contributed by atoms with van der Waals surface area (Å²) in [5.41, 5.74) is 0. The number of aliphatic carboxylic acids is 1. The quantitative estimate of drug-likeness (QED) is 0.873. The third-order valence-electron chi connectivity index (χ3n) is 3.88. The molecule has 0 radical (unpaired) electrons. The summed E-state index contributed by atoms with van der Waals surface area (Å²) in [6.45, 7) is 3.01. The van der Waals surface area contributed by atoms with Crippen LogP contribution < -0.4 is 5.32 Å². The van der Waals surface area contributed by atoms with Gasteiger partial charge in [0.25, 0.3) is 0 Å². The van der Waals surface area contributed by atoms with Gasteiger partial charge in [-0.05, 0) is 25.0 Å². The van der Waals surface area contributed by atoms with Crippen LogP contribution in [-0.4, -0.2) is 47.1 Å². The van der Waals surface area contributed by atoms with Crippen LogP contribution >= 0.6 is 0 Å². The van der Waals surface area contributed by atoms with Crippen molar-refractivity contribution in [1.82, 2.24) is 9.88 Å². The molecule has 0 aromatic carbocycles. The lowest BCUT2D eigenvalue weighted by Crippen LogP contribution is -2.47. The first kappa shape index (κ1) is 16.8. The fraction of sp³-hybridized carbons (Fsp3) is 0.643. The number of carboxylic acids is 1. The van der Waals surface area contributed by atoms with Crippen molar-refractivity contribution in [2.45, 2.75) is 37.7 Å². The Morgan fingerprint density at radius 1 is 1.32 bits per heavy atom. The van der Waals surface area contributed by atoms with Crippen LogP contribution in [0, 0.1) is 5.92 Å². The highest BCUT2D eigenvalue weighted by Crippen LogP contribution is 2.31. The van der Waals surface area contributed by atoms with Crippen molar-refractivity contribution >= 4 is 5.97 Å². The van der Waals surface area contributed by atoms with Crippen molar-refractivity contribution in [1.29, 1.82) is 0 Å². The normalized spacial score (nSPS) is 27.7. The second-order valence-electron chi connectivity index (χ2n) is 5.42. The molecule has 124 valence electrons. The number of ether oxygens (including phenoxy) is 1. The van der Waals surface area contributed by atoms with Gasteiger partial charge in [0.1, 0.15) is 0 Å². The highest BCUT2D eigenvalue weighted by atomic mass is 19.4. The number of nitrogens with one attached hydrogen (secondary N) is 1. The van der Waals surface area contributed by atoms with Gasteiger partial charge in [-0.15, -0.1) is 0 Å². The predicted molar refractivity (Wildman–Crippen MR) is 72.4 cm³/mol. The average Bonchev–Trinajstić information content (AvgIpc) is 3.09. The summed E-state index contributed by atoms with van der Waals surface area (Å²) in [5.74, 6) is -2.07. The number of carbonyl (C=O) groups is 1. The van der Waals surface area contributed by atoms with Crippen molar-refractivity contribution < 1.29 is 27.8 Å². The largest absolute Gasteiger partial charge is 0.490 e. The van der Waals surface area contributed by atoms with Gasteiger partial charge < -0.3 is 19.7 Å². The number of morpholine rings is 1. The topological polar surface area (TPSA) is 63.5 Å². The zero-order valence-corrected chi connectivity index (χ0v) is 11.9. The van der Waals surface area contributed by atoms with Gasteiger partial charge in [0.15, 0.2) is 0 Å². The monoisotopic (exact) mass is 320 g/mol. The van der Waals surface area contributed by atoms with Crippen LogP contribution in [0.5, 0.6) is 0 Å². The third kappa shape index (κ3) is 4.48. The minimum atomic E-state index is -5.08. The lowest BCUT2D eigenvalue weighted by Gasteiger charge is -2.30. The lowest BCUT2D eigenvalue weighted by molar-refractivity contribution is -0.192. The maximum atomic E-state index is 10.6. The van der Waals surface area contributed by atoms with E-state index in [1.54, 1.807) is 0 Å².